The maximum absolute atomic E-state index is 9.69. The molecule has 5 rings (SSSR count). The number of fused-ring (bicyclic) bond motifs is 3. The summed E-state index contributed by atoms with van der Waals surface area (Å²) in [5.41, 5.74) is 7.45. The molecule has 0 saturated carbocycles. The van der Waals surface area contributed by atoms with E-state index >= 15 is 0 Å². The highest BCUT2D eigenvalue weighted by atomic mass is 79.9. The predicted molar refractivity (Wildman–Crippen MR) is 116 cm³/mol. The summed E-state index contributed by atoms with van der Waals surface area (Å²) in [6, 6.07) is 15.3. The average molecular weight is 438 g/mol. The number of aryl methyl sites for hydroxylation is 2. The van der Waals surface area contributed by atoms with Gasteiger partial charge in [0.05, 0.1) is 6.04 Å². The molecule has 0 radical (unpaired) electrons. The van der Waals surface area contributed by atoms with E-state index < -0.39 is 0 Å². The van der Waals surface area contributed by atoms with E-state index in [0.717, 1.165) is 28.8 Å². The van der Waals surface area contributed by atoms with Crippen molar-refractivity contribution in [2.45, 2.75) is 38.8 Å². The van der Waals surface area contributed by atoms with Crippen molar-refractivity contribution >= 4 is 32.5 Å². The first kappa shape index (κ1) is 18.0. The van der Waals surface area contributed by atoms with E-state index in [1.165, 1.54) is 47.0 Å². The number of rotatable bonds is 3. The molecule has 2 aromatic carbocycles. The van der Waals surface area contributed by atoms with Crippen molar-refractivity contribution in [1.29, 1.82) is 0 Å². The van der Waals surface area contributed by atoms with Crippen molar-refractivity contribution in [2.24, 2.45) is 5.16 Å². The molecular weight excluding hydrogens is 414 g/mol. The Morgan fingerprint density at radius 2 is 2.00 bits per heavy atom. The van der Waals surface area contributed by atoms with Gasteiger partial charge in [0.25, 0.3) is 0 Å². The standard InChI is InChI=1S/C23H24BrN3O/c1-15-5-10-21-19(13-15)18-3-2-4-22-23(18)27(21)12-11-26(22)14-20(25-28)16-6-8-17(24)9-7-16/h5-10,13,22,28H,2-4,11-12,14H2,1H3/t22-/m1/s1. The molecule has 2 aliphatic rings. The third kappa shape index (κ3) is 2.88. The van der Waals surface area contributed by atoms with Gasteiger partial charge in [-0.15, -0.1) is 0 Å². The first-order chi connectivity index (χ1) is 13.7. The first-order valence-corrected chi connectivity index (χ1v) is 10.8. The van der Waals surface area contributed by atoms with Gasteiger partial charge in [0.15, 0.2) is 0 Å². The molecule has 0 amide bonds. The molecule has 1 atom stereocenters. The van der Waals surface area contributed by atoms with Crippen LogP contribution in [0.1, 0.15) is 41.3 Å². The number of aromatic nitrogens is 1. The van der Waals surface area contributed by atoms with E-state index in [2.05, 4.69) is 55.7 Å². The summed E-state index contributed by atoms with van der Waals surface area (Å²) >= 11 is 3.48. The second kappa shape index (κ2) is 7.05. The SMILES string of the molecule is Cc1ccc2c(c1)c1c3n2CCN(CC(=NO)c2ccc(Br)cc2)[C@@H]3CCC1. The van der Waals surface area contributed by atoms with Gasteiger partial charge in [0, 0.05) is 46.3 Å². The molecule has 1 N–H and O–H groups in total. The Bertz CT molecular complexity index is 1070. The number of oxime groups is 1. The monoisotopic (exact) mass is 437 g/mol. The normalized spacial score (nSPS) is 19.8. The zero-order valence-corrected chi connectivity index (χ0v) is 17.6. The van der Waals surface area contributed by atoms with Crippen molar-refractivity contribution in [2.75, 3.05) is 13.1 Å². The van der Waals surface area contributed by atoms with Gasteiger partial charge in [-0.25, -0.2) is 0 Å². The second-order valence-corrected chi connectivity index (χ2v) is 8.88. The predicted octanol–water partition coefficient (Wildman–Crippen LogP) is 5.28. The lowest BCUT2D eigenvalue weighted by Gasteiger charge is -2.40. The molecule has 0 spiro atoms. The van der Waals surface area contributed by atoms with Crippen LogP contribution in [-0.2, 0) is 13.0 Å². The lowest BCUT2D eigenvalue weighted by atomic mass is 9.89. The van der Waals surface area contributed by atoms with Gasteiger partial charge in [-0.05, 0) is 56.0 Å². The Hall–Kier alpha value is -2.11. The third-order valence-electron chi connectivity index (χ3n) is 6.29. The van der Waals surface area contributed by atoms with Crippen LogP contribution in [0, 0.1) is 6.92 Å². The molecular formula is C23H24BrN3O. The Morgan fingerprint density at radius 1 is 1.18 bits per heavy atom. The van der Waals surface area contributed by atoms with Crippen LogP contribution < -0.4 is 0 Å². The van der Waals surface area contributed by atoms with E-state index in [-0.39, 0.29) is 0 Å². The fourth-order valence-corrected chi connectivity index (χ4v) is 5.26. The fourth-order valence-electron chi connectivity index (χ4n) is 5.00. The van der Waals surface area contributed by atoms with Gasteiger partial charge >= 0.3 is 0 Å². The zero-order chi connectivity index (χ0) is 19.3. The highest BCUT2D eigenvalue weighted by molar-refractivity contribution is 9.10. The first-order valence-electron chi connectivity index (χ1n) is 9.98. The van der Waals surface area contributed by atoms with Gasteiger partial charge in [0.1, 0.15) is 5.71 Å². The van der Waals surface area contributed by atoms with Crippen LogP contribution in [-0.4, -0.2) is 33.5 Å². The number of benzene rings is 2. The Labute approximate surface area is 173 Å². The highest BCUT2D eigenvalue weighted by Crippen LogP contribution is 2.42. The van der Waals surface area contributed by atoms with Crippen LogP contribution >= 0.6 is 15.9 Å². The molecule has 0 saturated heterocycles. The van der Waals surface area contributed by atoms with Gasteiger partial charge in [-0.3, -0.25) is 4.90 Å². The van der Waals surface area contributed by atoms with Crippen LogP contribution in [0.15, 0.2) is 52.1 Å². The van der Waals surface area contributed by atoms with E-state index in [0.29, 0.717) is 12.6 Å². The smallest absolute Gasteiger partial charge is 0.101 e. The lowest BCUT2D eigenvalue weighted by molar-refractivity contribution is 0.161. The van der Waals surface area contributed by atoms with Gasteiger partial charge < -0.3 is 9.77 Å². The van der Waals surface area contributed by atoms with Crippen LogP contribution in [0.4, 0.5) is 0 Å². The molecule has 1 aliphatic heterocycles. The lowest BCUT2D eigenvalue weighted by Crippen LogP contribution is -2.42. The van der Waals surface area contributed by atoms with Crippen LogP contribution in [0.25, 0.3) is 10.9 Å². The van der Waals surface area contributed by atoms with Gasteiger partial charge in [0.2, 0.25) is 0 Å². The van der Waals surface area contributed by atoms with E-state index in [9.17, 15) is 5.21 Å². The minimum absolute atomic E-state index is 0.400. The molecule has 0 fully saturated rings. The van der Waals surface area contributed by atoms with E-state index in [1.807, 2.05) is 24.3 Å². The molecule has 1 aliphatic carbocycles. The molecule has 0 unspecified atom stereocenters. The summed E-state index contributed by atoms with van der Waals surface area (Å²) < 4.78 is 3.57. The Kier molecular flexibility index (Phi) is 4.52. The Balaban J connectivity index is 1.51. The summed E-state index contributed by atoms with van der Waals surface area (Å²) in [6.07, 6.45) is 3.55. The van der Waals surface area contributed by atoms with Gasteiger partial charge in [-0.2, -0.15) is 0 Å². The number of halogens is 1. The van der Waals surface area contributed by atoms with Gasteiger partial charge in [-0.1, -0.05) is 44.8 Å². The summed E-state index contributed by atoms with van der Waals surface area (Å²) in [7, 11) is 0. The zero-order valence-electron chi connectivity index (χ0n) is 16.0. The highest BCUT2D eigenvalue weighted by Gasteiger charge is 2.35. The minimum atomic E-state index is 0.400. The van der Waals surface area contributed by atoms with E-state index in [1.54, 1.807) is 0 Å². The summed E-state index contributed by atoms with van der Waals surface area (Å²) in [5.74, 6) is 0. The van der Waals surface area contributed by atoms with Crippen LogP contribution in [0.2, 0.25) is 0 Å². The molecule has 28 heavy (non-hydrogen) atoms. The quantitative estimate of drug-likeness (QED) is 0.343. The molecule has 0 bridgehead atoms. The molecule has 5 heteroatoms. The summed E-state index contributed by atoms with van der Waals surface area (Å²) in [6.45, 7) is 4.81. The number of nitrogens with zero attached hydrogens (tertiary/aromatic N) is 3. The van der Waals surface area contributed by atoms with Crippen LogP contribution in [0.5, 0.6) is 0 Å². The molecule has 3 aromatic rings. The molecule has 4 nitrogen and oxygen atoms in total. The summed E-state index contributed by atoms with van der Waals surface area (Å²) in [5, 5.41) is 14.8. The van der Waals surface area contributed by atoms with Crippen molar-refractivity contribution in [1.82, 2.24) is 9.47 Å². The largest absolute Gasteiger partial charge is 0.411 e. The maximum Gasteiger partial charge on any atom is 0.101 e. The second-order valence-electron chi connectivity index (χ2n) is 7.97. The minimum Gasteiger partial charge on any atom is -0.411 e. The van der Waals surface area contributed by atoms with Crippen molar-refractivity contribution in [3.05, 3.63) is 69.3 Å². The molecule has 144 valence electrons. The summed E-state index contributed by atoms with van der Waals surface area (Å²) in [4.78, 5) is 2.50. The van der Waals surface area contributed by atoms with E-state index in [4.69, 9.17) is 0 Å². The van der Waals surface area contributed by atoms with Crippen molar-refractivity contribution in [3.8, 4) is 0 Å². The molecule has 1 aromatic heterocycles. The topological polar surface area (TPSA) is 40.8 Å². The number of hydrogen-bond acceptors (Lipinski definition) is 3. The van der Waals surface area contributed by atoms with Crippen molar-refractivity contribution in [3.63, 3.8) is 0 Å². The number of hydrogen-bond donors (Lipinski definition) is 1. The molecule has 2 heterocycles. The van der Waals surface area contributed by atoms with Crippen molar-refractivity contribution < 1.29 is 5.21 Å². The average Bonchev–Trinajstić information content (AvgIpc) is 3.03. The van der Waals surface area contributed by atoms with Crippen LogP contribution in [0.3, 0.4) is 0 Å². The fraction of sp³-hybridized carbons (Fsp3) is 0.348. The third-order valence-corrected chi connectivity index (χ3v) is 6.82. The Morgan fingerprint density at radius 3 is 2.79 bits per heavy atom. The maximum atomic E-state index is 9.69.